The minimum atomic E-state index is -4.48. The molecule has 0 unspecified atom stereocenters. The molecule has 0 N–H and O–H groups in total. The van der Waals surface area contributed by atoms with Gasteiger partial charge in [0.2, 0.25) is 11.9 Å². The smallest absolute Gasteiger partial charge is 0.353 e. The molecule has 1 aromatic carbocycles. The van der Waals surface area contributed by atoms with Crippen molar-refractivity contribution in [2.24, 2.45) is 0 Å². The first-order valence-electron chi connectivity index (χ1n) is 11.7. The van der Waals surface area contributed by atoms with Crippen LogP contribution in [0.1, 0.15) is 17.5 Å². The number of aryl methyl sites for hydroxylation is 1. The highest BCUT2D eigenvalue weighted by Crippen LogP contribution is 2.35. The third-order valence-electron chi connectivity index (χ3n) is 6.32. The Morgan fingerprint density at radius 1 is 0.833 bits per heavy atom. The number of anilines is 3. The number of pyridine rings is 1. The van der Waals surface area contributed by atoms with Crippen LogP contribution < -0.4 is 14.7 Å². The molecule has 1 fully saturated rings. The van der Waals surface area contributed by atoms with Gasteiger partial charge >= 0.3 is 6.18 Å². The van der Waals surface area contributed by atoms with Crippen LogP contribution in [0.2, 0.25) is 0 Å². The van der Waals surface area contributed by atoms with Crippen molar-refractivity contribution >= 4 is 17.7 Å². The highest BCUT2D eigenvalue weighted by molar-refractivity contribution is 5.60. The first-order valence-corrected chi connectivity index (χ1v) is 11.7. The van der Waals surface area contributed by atoms with Crippen LogP contribution in [-0.2, 0) is 6.18 Å². The fourth-order valence-corrected chi connectivity index (χ4v) is 4.36. The number of nitrogens with zero attached hydrogens (tertiary/aromatic N) is 7. The van der Waals surface area contributed by atoms with E-state index in [1.54, 1.807) is 24.0 Å². The summed E-state index contributed by atoms with van der Waals surface area (Å²) >= 11 is 0. The molecule has 0 atom stereocenters. The van der Waals surface area contributed by atoms with Crippen LogP contribution in [0.25, 0.3) is 11.4 Å². The Bertz CT molecular complexity index is 1270. The van der Waals surface area contributed by atoms with Crippen LogP contribution in [0.3, 0.4) is 0 Å². The van der Waals surface area contributed by atoms with Crippen LogP contribution in [0, 0.1) is 12.7 Å². The van der Waals surface area contributed by atoms with Gasteiger partial charge in [-0.05, 0) is 49.2 Å². The molecule has 2 aliphatic rings. The highest BCUT2D eigenvalue weighted by atomic mass is 19.4. The van der Waals surface area contributed by atoms with E-state index in [1.165, 1.54) is 18.3 Å². The molecule has 3 aromatic rings. The maximum atomic E-state index is 13.9. The SMILES string of the molecule is Cc1cc(-c2nc(N3CC=CCC3)nc(N3CCN(c4ncccc4C(F)(F)F)CC3)n2)ccc1F. The summed E-state index contributed by atoms with van der Waals surface area (Å²) in [5.74, 6) is 1.03. The lowest BCUT2D eigenvalue weighted by Gasteiger charge is -2.36. The molecule has 4 heterocycles. The van der Waals surface area contributed by atoms with Gasteiger partial charge in [0.05, 0.1) is 5.56 Å². The van der Waals surface area contributed by atoms with Gasteiger partial charge in [-0.1, -0.05) is 12.2 Å². The molecule has 0 amide bonds. The maximum Gasteiger partial charge on any atom is 0.419 e. The average Bonchev–Trinajstić information content (AvgIpc) is 2.90. The predicted octanol–water partition coefficient (Wildman–Crippen LogP) is 4.49. The molecule has 7 nitrogen and oxygen atoms in total. The fraction of sp³-hybridized carbons (Fsp3) is 0.360. The van der Waals surface area contributed by atoms with Crippen molar-refractivity contribution < 1.29 is 17.6 Å². The molecule has 11 heteroatoms. The first kappa shape index (κ1) is 24.0. The third-order valence-corrected chi connectivity index (χ3v) is 6.32. The summed E-state index contributed by atoms with van der Waals surface area (Å²) in [6.07, 6.45) is 1.93. The normalized spacial score (nSPS) is 16.5. The van der Waals surface area contributed by atoms with Gasteiger partial charge in [-0.25, -0.2) is 9.37 Å². The van der Waals surface area contributed by atoms with E-state index in [9.17, 15) is 17.6 Å². The van der Waals surface area contributed by atoms with Crippen LogP contribution in [0.15, 0.2) is 48.7 Å². The van der Waals surface area contributed by atoms with E-state index in [0.29, 0.717) is 61.6 Å². The summed E-state index contributed by atoms with van der Waals surface area (Å²) in [5, 5.41) is 0. The lowest BCUT2D eigenvalue weighted by Crippen LogP contribution is -2.48. The van der Waals surface area contributed by atoms with Crippen molar-refractivity contribution in [1.82, 2.24) is 19.9 Å². The van der Waals surface area contributed by atoms with Gasteiger partial charge in [-0.3, -0.25) is 0 Å². The van der Waals surface area contributed by atoms with Crippen molar-refractivity contribution in [3.63, 3.8) is 0 Å². The number of benzene rings is 1. The summed E-state index contributed by atoms with van der Waals surface area (Å²) in [6, 6.07) is 7.08. The Labute approximate surface area is 206 Å². The van der Waals surface area contributed by atoms with Gasteiger partial charge < -0.3 is 14.7 Å². The molecule has 0 saturated carbocycles. The molecule has 0 bridgehead atoms. The molecular formula is C25H25F4N7. The van der Waals surface area contributed by atoms with E-state index in [4.69, 9.17) is 4.98 Å². The second-order valence-electron chi connectivity index (χ2n) is 8.78. The van der Waals surface area contributed by atoms with E-state index in [2.05, 4.69) is 27.1 Å². The van der Waals surface area contributed by atoms with Crippen molar-refractivity contribution in [2.75, 3.05) is 54.0 Å². The number of alkyl halides is 3. The van der Waals surface area contributed by atoms with Crippen molar-refractivity contribution in [1.29, 1.82) is 0 Å². The molecule has 0 radical (unpaired) electrons. The summed E-state index contributed by atoms with van der Waals surface area (Å²) in [5.41, 5.74) is 0.419. The minimum Gasteiger partial charge on any atom is -0.353 e. The molecule has 36 heavy (non-hydrogen) atoms. The number of halogens is 4. The maximum absolute atomic E-state index is 13.9. The molecular weight excluding hydrogens is 474 g/mol. The largest absolute Gasteiger partial charge is 0.419 e. The summed E-state index contributed by atoms with van der Waals surface area (Å²) in [7, 11) is 0. The molecule has 2 aliphatic heterocycles. The van der Waals surface area contributed by atoms with Crippen molar-refractivity contribution in [2.45, 2.75) is 19.5 Å². The molecule has 188 valence electrons. The Kier molecular flexibility index (Phi) is 6.46. The van der Waals surface area contributed by atoms with Gasteiger partial charge in [0.15, 0.2) is 5.82 Å². The van der Waals surface area contributed by atoms with Crippen LogP contribution in [0.4, 0.5) is 35.3 Å². The molecule has 5 rings (SSSR count). The van der Waals surface area contributed by atoms with E-state index >= 15 is 0 Å². The Hall–Kier alpha value is -3.76. The lowest BCUT2D eigenvalue weighted by molar-refractivity contribution is -0.137. The Balaban J connectivity index is 1.43. The summed E-state index contributed by atoms with van der Waals surface area (Å²) in [6.45, 7) is 4.60. The zero-order chi connectivity index (χ0) is 25.3. The summed E-state index contributed by atoms with van der Waals surface area (Å²) in [4.78, 5) is 23.7. The van der Waals surface area contributed by atoms with E-state index in [-0.39, 0.29) is 11.6 Å². The van der Waals surface area contributed by atoms with Gasteiger partial charge in [0, 0.05) is 51.0 Å². The van der Waals surface area contributed by atoms with Crippen molar-refractivity contribution in [3.8, 4) is 11.4 Å². The van der Waals surface area contributed by atoms with E-state index in [1.807, 2.05) is 9.80 Å². The zero-order valence-corrected chi connectivity index (χ0v) is 19.7. The van der Waals surface area contributed by atoms with Gasteiger partial charge in [0.25, 0.3) is 0 Å². The lowest BCUT2D eigenvalue weighted by atomic mass is 10.1. The zero-order valence-electron chi connectivity index (χ0n) is 19.7. The second kappa shape index (κ2) is 9.71. The van der Waals surface area contributed by atoms with E-state index in [0.717, 1.165) is 19.0 Å². The summed E-state index contributed by atoms with van der Waals surface area (Å²) < 4.78 is 54.3. The Morgan fingerprint density at radius 3 is 2.22 bits per heavy atom. The topological polar surface area (TPSA) is 61.3 Å². The van der Waals surface area contributed by atoms with Crippen LogP contribution in [0.5, 0.6) is 0 Å². The van der Waals surface area contributed by atoms with Gasteiger partial charge in [-0.15, -0.1) is 0 Å². The van der Waals surface area contributed by atoms with Crippen molar-refractivity contribution in [3.05, 3.63) is 65.6 Å². The first-order chi connectivity index (χ1) is 17.3. The number of piperazine rings is 1. The third kappa shape index (κ3) is 4.95. The average molecular weight is 500 g/mol. The number of hydrogen-bond acceptors (Lipinski definition) is 7. The van der Waals surface area contributed by atoms with E-state index < -0.39 is 11.7 Å². The second-order valence-corrected chi connectivity index (χ2v) is 8.78. The standard InChI is InChI=1S/C25H25F4N7/c1-17-16-18(7-8-20(17)26)21-31-23(35-10-3-2-4-11-35)33-24(32-21)36-14-12-34(13-15-36)22-19(25(27,28)29)6-5-9-30-22/h2-3,5-9,16H,4,10-15H2,1H3. The molecule has 0 aliphatic carbocycles. The molecule has 0 spiro atoms. The van der Waals surface area contributed by atoms with Gasteiger partial charge in [-0.2, -0.15) is 28.1 Å². The molecule has 1 saturated heterocycles. The molecule has 2 aromatic heterocycles. The van der Waals surface area contributed by atoms with Crippen LogP contribution >= 0.6 is 0 Å². The van der Waals surface area contributed by atoms with Crippen LogP contribution in [-0.4, -0.2) is 59.2 Å². The minimum absolute atomic E-state index is 0.0661. The number of rotatable bonds is 4. The number of hydrogen-bond donors (Lipinski definition) is 0. The monoisotopic (exact) mass is 499 g/mol. The highest BCUT2D eigenvalue weighted by Gasteiger charge is 2.36. The Morgan fingerprint density at radius 2 is 1.56 bits per heavy atom. The fourth-order valence-electron chi connectivity index (χ4n) is 4.36. The number of aromatic nitrogens is 4. The predicted molar refractivity (Wildman–Crippen MR) is 130 cm³/mol. The quantitative estimate of drug-likeness (QED) is 0.387. The van der Waals surface area contributed by atoms with Gasteiger partial charge in [0.1, 0.15) is 11.6 Å².